The fourth-order valence-electron chi connectivity index (χ4n) is 4.27. The third-order valence-electron chi connectivity index (χ3n) is 5.85. The van der Waals surface area contributed by atoms with Crippen LogP contribution in [0.2, 0.25) is 5.02 Å². The van der Waals surface area contributed by atoms with Crippen molar-refractivity contribution in [1.82, 2.24) is 9.80 Å². The van der Waals surface area contributed by atoms with E-state index in [1.165, 1.54) is 43.2 Å². The Morgan fingerprint density at radius 3 is 1.92 bits per heavy atom. The van der Waals surface area contributed by atoms with E-state index < -0.39 is 0 Å². The zero-order valence-electron chi connectivity index (χ0n) is 15.6. The van der Waals surface area contributed by atoms with Gasteiger partial charge in [0.05, 0.1) is 0 Å². The van der Waals surface area contributed by atoms with Gasteiger partial charge < -0.3 is 0 Å². The largest absolute Gasteiger partial charge is 0.297 e. The molecule has 0 N–H and O–H groups in total. The summed E-state index contributed by atoms with van der Waals surface area (Å²) in [5.41, 5.74) is 6.06. The fraction of sp³-hybridized carbons (Fsp3) is 0.478. The summed E-state index contributed by atoms with van der Waals surface area (Å²) in [5, 5.41) is 0.819. The van der Waals surface area contributed by atoms with Crippen LogP contribution < -0.4 is 0 Å². The summed E-state index contributed by atoms with van der Waals surface area (Å²) in [5.74, 6) is 0. The predicted octanol–water partition coefficient (Wildman–Crippen LogP) is 4.93. The van der Waals surface area contributed by atoms with Crippen LogP contribution in [0.3, 0.4) is 0 Å². The quantitative estimate of drug-likeness (QED) is 0.706. The zero-order chi connectivity index (χ0) is 17.8. The number of rotatable bonds is 4. The van der Waals surface area contributed by atoms with Crippen LogP contribution in [-0.4, -0.2) is 36.0 Å². The average Bonchev–Trinajstić information content (AvgIpc) is 2.90. The van der Waals surface area contributed by atoms with Crippen molar-refractivity contribution in [3.63, 3.8) is 0 Å². The van der Waals surface area contributed by atoms with Crippen molar-refractivity contribution in [3.05, 3.63) is 69.7 Å². The molecule has 3 heteroatoms. The molecule has 0 unspecified atom stereocenters. The molecule has 1 aliphatic heterocycles. The first-order chi connectivity index (χ1) is 12.8. The highest BCUT2D eigenvalue weighted by atomic mass is 35.5. The number of nitrogens with zero attached hydrogens (tertiary/aromatic N) is 2. The van der Waals surface area contributed by atoms with Gasteiger partial charge in [-0.2, -0.15) is 0 Å². The monoisotopic (exact) mass is 368 g/mol. The Bertz CT molecular complexity index is 717. The van der Waals surface area contributed by atoms with Gasteiger partial charge in [-0.1, -0.05) is 48.4 Å². The molecule has 0 aromatic heterocycles. The first-order valence-electron chi connectivity index (χ1n) is 10.1. The summed E-state index contributed by atoms with van der Waals surface area (Å²) in [6.45, 7) is 6.74. The molecule has 1 saturated heterocycles. The molecule has 0 spiro atoms. The first-order valence-corrected chi connectivity index (χ1v) is 10.4. The molecule has 1 heterocycles. The molecular weight excluding hydrogens is 340 g/mol. The first kappa shape index (κ1) is 18.0. The number of piperazine rings is 1. The van der Waals surface area contributed by atoms with Gasteiger partial charge in [0.15, 0.2) is 0 Å². The predicted molar refractivity (Wildman–Crippen MR) is 110 cm³/mol. The molecule has 0 saturated carbocycles. The Labute approximate surface area is 162 Å². The molecule has 2 nitrogen and oxygen atoms in total. The number of aryl methyl sites for hydroxylation is 2. The van der Waals surface area contributed by atoms with E-state index in [1.807, 2.05) is 12.1 Å². The molecule has 138 valence electrons. The van der Waals surface area contributed by atoms with Crippen molar-refractivity contribution in [2.24, 2.45) is 0 Å². The minimum absolute atomic E-state index is 0.819. The standard InChI is InChI=1S/C23H29ClN2/c24-23-10-7-19(8-11-23)17-25-12-14-26(15-13-25)18-20-6-9-21-4-2-1-3-5-22(21)16-20/h6-11,16H,1-5,12-15,17-18H2. The van der Waals surface area contributed by atoms with Crippen LogP contribution >= 0.6 is 11.6 Å². The van der Waals surface area contributed by atoms with Crippen LogP contribution in [0.4, 0.5) is 0 Å². The van der Waals surface area contributed by atoms with Crippen LogP contribution in [0.5, 0.6) is 0 Å². The Morgan fingerprint density at radius 1 is 0.654 bits per heavy atom. The number of hydrogen-bond acceptors (Lipinski definition) is 2. The molecule has 2 aliphatic rings. The highest BCUT2D eigenvalue weighted by Gasteiger charge is 2.18. The molecule has 26 heavy (non-hydrogen) atoms. The SMILES string of the molecule is Clc1ccc(CN2CCN(Cc3ccc4c(c3)CCCCC4)CC2)cc1. The molecule has 0 radical (unpaired) electrons. The topological polar surface area (TPSA) is 6.48 Å². The maximum absolute atomic E-state index is 5.98. The van der Waals surface area contributed by atoms with Crippen molar-refractivity contribution in [2.75, 3.05) is 26.2 Å². The zero-order valence-corrected chi connectivity index (χ0v) is 16.3. The minimum Gasteiger partial charge on any atom is -0.297 e. The Morgan fingerprint density at radius 2 is 1.23 bits per heavy atom. The van der Waals surface area contributed by atoms with Crippen LogP contribution in [0.25, 0.3) is 0 Å². The second-order valence-electron chi connectivity index (χ2n) is 7.84. The van der Waals surface area contributed by atoms with Gasteiger partial charge in [-0.25, -0.2) is 0 Å². The summed E-state index contributed by atoms with van der Waals surface area (Å²) in [4.78, 5) is 5.16. The average molecular weight is 369 g/mol. The molecule has 0 bridgehead atoms. The lowest BCUT2D eigenvalue weighted by molar-refractivity contribution is 0.122. The van der Waals surface area contributed by atoms with E-state index in [2.05, 4.69) is 40.1 Å². The van der Waals surface area contributed by atoms with Crippen molar-refractivity contribution in [2.45, 2.75) is 45.2 Å². The smallest absolute Gasteiger partial charge is 0.0406 e. The summed E-state index contributed by atoms with van der Waals surface area (Å²) >= 11 is 5.98. The number of fused-ring (bicyclic) bond motifs is 1. The van der Waals surface area contributed by atoms with Gasteiger partial charge in [-0.05, 0) is 60.1 Å². The third kappa shape index (κ3) is 4.68. The molecule has 0 amide bonds. The lowest BCUT2D eigenvalue weighted by atomic mass is 10.00. The van der Waals surface area contributed by atoms with Crippen molar-refractivity contribution in [1.29, 1.82) is 0 Å². The van der Waals surface area contributed by atoms with E-state index in [1.54, 1.807) is 11.1 Å². The molecule has 1 fully saturated rings. The van der Waals surface area contributed by atoms with E-state index in [4.69, 9.17) is 11.6 Å². The van der Waals surface area contributed by atoms with Crippen molar-refractivity contribution < 1.29 is 0 Å². The van der Waals surface area contributed by atoms with Gasteiger partial charge in [0, 0.05) is 44.3 Å². The Hall–Kier alpha value is -1.35. The molecule has 2 aromatic carbocycles. The van der Waals surface area contributed by atoms with Crippen LogP contribution in [0.15, 0.2) is 42.5 Å². The summed E-state index contributed by atoms with van der Waals surface area (Å²) in [7, 11) is 0. The van der Waals surface area contributed by atoms with Crippen LogP contribution in [-0.2, 0) is 25.9 Å². The lowest BCUT2D eigenvalue weighted by Crippen LogP contribution is -2.45. The number of benzene rings is 2. The lowest BCUT2D eigenvalue weighted by Gasteiger charge is -2.34. The van der Waals surface area contributed by atoms with Crippen molar-refractivity contribution in [3.8, 4) is 0 Å². The summed E-state index contributed by atoms with van der Waals surface area (Å²) in [6, 6.07) is 15.5. The van der Waals surface area contributed by atoms with E-state index >= 15 is 0 Å². The summed E-state index contributed by atoms with van der Waals surface area (Å²) < 4.78 is 0. The molecule has 4 rings (SSSR count). The highest BCUT2D eigenvalue weighted by Crippen LogP contribution is 2.23. The molecule has 2 aromatic rings. The molecule has 1 aliphatic carbocycles. The minimum atomic E-state index is 0.819. The van der Waals surface area contributed by atoms with Gasteiger partial charge in [0.2, 0.25) is 0 Å². The Kier molecular flexibility index (Phi) is 5.94. The molecular formula is C23H29ClN2. The second kappa shape index (κ2) is 8.56. The maximum atomic E-state index is 5.98. The second-order valence-corrected chi connectivity index (χ2v) is 8.28. The van der Waals surface area contributed by atoms with Gasteiger partial charge in [-0.15, -0.1) is 0 Å². The van der Waals surface area contributed by atoms with Gasteiger partial charge in [0.1, 0.15) is 0 Å². The van der Waals surface area contributed by atoms with E-state index in [-0.39, 0.29) is 0 Å². The van der Waals surface area contributed by atoms with Gasteiger partial charge in [0.25, 0.3) is 0 Å². The van der Waals surface area contributed by atoms with Crippen LogP contribution in [0.1, 0.15) is 41.5 Å². The van der Waals surface area contributed by atoms with E-state index in [0.29, 0.717) is 0 Å². The summed E-state index contributed by atoms with van der Waals surface area (Å²) in [6.07, 6.45) is 6.67. The normalized spacial score (nSPS) is 19.1. The van der Waals surface area contributed by atoms with E-state index in [9.17, 15) is 0 Å². The third-order valence-corrected chi connectivity index (χ3v) is 6.11. The maximum Gasteiger partial charge on any atom is 0.0406 e. The highest BCUT2D eigenvalue weighted by molar-refractivity contribution is 6.30. The van der Waals surface area contributed by atoms with Gasteiger partial charge in [-0.3, -0.25) is 9.80 Å². The van der Waals surface area contributed by atoms with E-state index in [0.717, 1.165) is 44.3 Å². The van der Waals surface area contributed by atoms with Gasteiger partial charge >= 0.3 is 0 Å². The van der Waals surface area contributed by atoms with Crippen molar-refractivity contribution >= 4 is 11.6 Å². The number of halogens is 1. The fourth-order valence-corrected chi connectivity index (χ4v) is 4.40. The van der Waals surface area contributed by atoms with Crippen LogP contribution in [0, 0.1) is 0 Å². The molecule has 0 atom stereocenters. The Balaban J connectivity index is 1.30. The number of hydrogen-bond donors (Lipinski definition) is 0.